The van der Waals surface area contributed by atoms with Crippen LogP contribution in [0.1, 0.15) is 5.56 Å². The van der Waals surface area contributed by atoms with Gasteiger partial charge in [-0.1, -0.05) is 18.2 Å². The Hall–Kier alpha value is -2.93. The van der Waals surface area contributed by atoms with E-state index in [1.54, 1.807) is 23.0 Å². The summed E-state index contributed by atoms with van der Waals surface area (Å²) in [5, 5.41) is 20.5. The fourth-order valence-corrected chi connectivity index (χ4v) is 3.32. The van der Waals surface area contributed by atoms with Crippen LogP contribution in [0.5, 0.6) is 5.75 Å². The smallest absolute Gasteiger partial charge is 0.186 e. The molecule has 6 nitrogen and oxygen atoms in total. The largest absolute Gasteiger partial charge is 0.496 e. The lowest BCUT2D eigenvalue weighted by Crippen LogP contribution is -2.09. The van der Waals surface area contributed by atoms with Crippen LogP contribution in [-0.2, 0) is 6.42 Å². The first-order valence-corrected chi connectivity index (χ1v) is 8.90. The number of para-hydroxylation sites is 1. The summed E-state index contributed by atoms with van der Waals surface area (Å²) in [4.78, 5) is 0. The number of fused-ring (bicyclic) bond motifs is 1. The van der Waals surface area contributed by atoms with Gasteiger partial charge in [0.1, 0.15) is 11.6 Å². The van der Waals surface area contributed by atoms with Crippen molar-refractivity contribution in [2.45, 2.75) is 6.42 Å². The molecule has 0 aliphatic rings. The SMILES string of the molecule is COc1ccccc1CCNc1ccc2nnc(-c3ccsc3)n2n1. The second kappa shape index (κ2) is 6.90. The minimum Gasteiger partial charge on any atom is -0.496 e. The molecule has 0 saturated carbocycles. The molecule has 4 rings (SSSR count). The number of ether oxygens (including phenoxy) is 1. The van der Waals surface area contributed by atoms with Gasteiger partial charge in [0, 0.05) is 17.5 Å². The standard InChI is InChI=1S/C18H17N5OS/c1-24-15-5-3-2-4-13(15)8-10-19-16-6-7-17-20-21-18(23(17)22-16)14-9-11-25-12-14/h2-7,9,11-12H,8,10H2,1H3,(H,19,22). The lowest BCUT2D eigenvalue weighted by molar-refractivity contribution is 0.410. The number of nitrogens with zero attached hydrogens (tertiary/aromatic N) is 4. The van der Waals surface area contributed by atoms with Crippen molar-refractivity contribution >= 4 is 22.8 Å². The molecule has 0 fully saturated rings. The number of hydrogen-bond donors (Lipinski definition) is 1. The molecule has 0 atom stereocenters. The number of anilines is 1. The van der Waals surface area contributed by atoms with E-state index in [2.05, 4.69) is 26.7 Å². The Labute approximate surface area is 149 Å². The Morgan fingerprint density at radius 3 is 2.88 bits per heavy atom. The fraction of sp³-hybridized carbons (Fsp3) is 0.167. The van der Waals surface area contributed by atoms with Crippen molar-refractivity contribution in [3.8, 4) is 17.1 Å². The number of aromatic nitrogens is 4. The number of thiophene rings is 1. The molecule has 126 valence electrons. The van der Waals surface area contributed by atoms with E-state index in [9.17, 15) is 0 Å². The highest BCUT2D eigenvalue weighted by Crippen LogP contribution is 2.21. The lowest BCUT2D eigenvalue weighted by atomic mass is 10.1. The fourth-order valence-electron chi connectivity index (χ4n) is 2.69. The maximum Gasteiger partial charge on any atom is 0.186 e. The van der Waals surface area contributed by atoms with Crippen molar-refractivity contribution in [2.24, 2.45) is 0 Å². The van der Waals surface area contributed by atoms with Gasteiger partial charge in [-0.3, -0.25) is 0 Å². The summed E-state index contributed by atoms with van der Waals surface area (Å²) in [6, 6.07) is 13.9. The van der Waals surface area contributed by atoms with Crippen LogP contribution in [0.2, 0.25) is 0 Å². The highest BCUT2D eigenvalue weighted by molar-refractivity contribution is 7.08. The van der Waals surface area contributed by atoms with Gasteiger partial charge >= 0.3 is 0 Å². The molecule has 0 aliphatic carbocycles. The molecular weight excluding hydrogens is 334 g/mol. The van der Waals surface area contributed by atoms with Crippen LogP contribution in [0.15, 0.2) is 53.2 Å². The molecule has 0 amide bonds. The van der Waals surface area contributed by atoms with E-state index in [-0.39, 0.29) is 0 Å². The Bertz CT molecular complexity index is 980. The van der Waals surface area contributed by atoms with Gasteiger partial charge in [-0.25, -0.2) is 0 Å². The van der Waals surface area contributed by atoms with Crippen molar-refractivity contribution in [3.05, 3.63) is 58.8 Å². The van der Waals surface area contributed by atoms with Crippen molar-refractivity contribution in [1.82, 2.24) is 19.8 Å². The summed E-state index contributed by atoms with van der Waals surface area (Å²) in [5.74, 6) is 2.45. The Kier molecular flexibility index (Phi) is 4.30. The molecular formula is C18H17N5OS. The zero-order chi connectivity index (χ0) is 17.1. The Morgan fingerprint density at radius 2 is 2.04 bits per heavy atom. The molecule has 1 N–H and O–H groups in total. The van der Waals surface area contributed by atoms with Gasteiger partial charge in [0.25, 0.3) is 0 Å². The van der Waals surface area contributed by atoms with Gasteiger partial charge < -0.3 is 10.1 Å². The molecule has 3 heterocycles. The van der Waals surface area contributed by atoms with Crippen molar-refractivity contribution in [3.63, 3.8) is 0 Å². The molecule has 1 aromatic carbocycles. The number of hydrogen-bond acceptors (Lipinski definition) is 6. The average molecular weight is 351 g/mol. The molecule has 7 heteroatoms. The van der Waals surface area contributed by atoms with E-state index in [4.69, 9.17) is 4.74 Å². The highest BCUT2D eigenvalue weighted by atomic mass is 32.1. The second-order valence-electron chi connectivity index (χ2n) is 5.51. The molecule has 0 bridgehead atoms. The molecule has 25 heavy (non-hydrogen) atoms. The third-order valence-electron chi connectivity index (χ3n) is 3.94. The lowest BCUT2D eigenvalue weighted by Gasteiger charge is -2.09. The zero-order valence-corrected chi connectivity index (χ0v) is 14.5. The van der Waals surface area contributed by atoms with Crippen LogP contribution < -0.4 is 10.1 Å². The normalized spacial score (nSPS) is 10.9. The van der Waals surface area contributed by atoms with E-state index >= 15 is 0 Å². The first-order chi connectivity index (χ1) is 12.3. The van der Waals surface area contributed by atoms with E-state index in [1.165, 1.54) is 5.56 Å². The van der Waals surface area contributed by atoms with E-state index in [0.717, 1.165) is 41.6 Å². The van der Waals surface area contributed by atoms with E-state index in [0.29, 0.717) is 0 Å². The molecule has 3 aromatic heterocycles. The van der Waals surface area contributed by atoms with E-state index < -0.39 is 0 Å². The summed E-state index contributed by atoms with van der Waals surface area (Å²) in [6.07, 6.45) is 0.850. The number of rotatable bonds is 6. The van der Waals surface area contributed by atoms with Crippen molar-refractivity contribution < 1.29 is 4.74 Å². The second-order valence-corrected chi connectivity index (χ2v) is 6.29. The molecule has 0 radical (unpaired) electrons. The summed E-state index contributed by atoms with van der Waals surface area (Å²) >= 11 is 1.63. The van der Waals surface area contributed by atoms with Crippen LogP contribution in [0.4, 0.5) is 5.82 Å². The predicted octanol–water partition coefficient (Wildman–Crippen LogP) is 3.52. The molecule has 0 unspecified atom stereocenters. The minimum absolute atomic E-state index is 0.733. The van der Waals surface area contributed by atoms with Crippen LogP contribution >= 0.6 is 11.3 Å². The first-order valence-electron chi connectivity index (χ1n) is 7.96. The molecule has 0 aliphatic heterocycles. The molecule has 0 saturated heterocycles. The number of methoxy groups -OCH3 is 1. The van der Waals surface area contributed by atoms with Gasteiger partial charge in [0.2, 0.25) is 0 Å². The maximum atomic E-state index is 5.39. The van der Waals surface area contributed by atoms with Gasteiger partial charge in [-0.05, 0) is 41.6 Å². The summed E-state index contributed by atoms with van der Waals surface area (Å²) in [5.41, 5.74) is 2.93. The minimum atomic E-state index is 0.733. The first kappa shape index (κ1) is 15.6. The van der Waals surface area contributed by atoms with Crippen LogP contribution in [0.25, 0.3) is 17.0 Å². The van der Waals surface area contributed by atoms with Crippen LogP contribution in [-0.4, -0.2) is 33.5 Å². The van der Waals surface area contributed by atoms with Gasteiger partial charge in [0.05, 0.1) is 7.11 Å². The number of benzene rings is 1. The Balaban J connectivity index is 1.51. The van der Waals surface area contributed by atoms with Gasteiger partial charge in [-0.15, -0.1) is 15.3 Å². The third kappa shape index (κ3) is 3.18. The molecule has 0 spiro atoms. The topological polar surface area (TPSA) is 64.3 Å². The van der Waals surface area contributed by atoms with Crippen LogP contribution in [0, 0.1) is 0 Å². The number of nitrogens with one attached hydrogen (secondary N) is 1. The third-order valence-corrected chi connectivity index (χ3v) is 4.62. The van der Waals surface area contributed by atoms with E-state index in [1.807, 2.05) is 47.2 Å². The quantitative estimate of drug-likeness (QED) is 0.576. The summed E-state index contributed by atoms with van der Waals surface area (Å²) < 4.78 is 7.16. The summed E-state index contributed by atoms with van der Waals surface area (Å²) in [6.45, 7) is 0.759. The summed E-state index contributed by atoms with van der Waals surface area (Å²) in [7, 11) is 1.69. The zero-order valence-electron chi connectivity index (χ0n) is 13.7. The molecule has 4 aromatic rings. The van der Waals surface area contributed by atoms with Crippen LogP contribution in [0.3, 0.4) is 0 Å². The maximum absolute atomic E-state index is 5.39. The van der Waals surface area contributed by atoms with Gasteiger partial charge in [-0.2, -0.15) is 15.9 Å². The highest BCUT2D eigenvalue weighted by Gasteiger charge is 2.10. The van der Waals surface area contributed by atoms with Crippen molar-refractivity contribution in [2.75, 3.05) is 19.0 Å². The van der Waals surface area contributed by atoms with Gasteiger partial charge in [0.15, 0.2) is 11.5 Å². The Morgan fingerprint density at radius 1 is 1.12 bits per heavy atom. The monoisotopic (exact) mass is 351 g/mol. The average Bonchev–Trinajstić information content (AvgIpc) is 3.31. The van der Waals surface area contributed by atoms with Crippen molar-refractivity contribution in [1.29, 1.82) is 0 Å². The predicted molar refractivity (Wildman–Crippen MR) is 99.3 cm³/mol.